The monoisotopic (exact) mass is 309 g/mol. The Balaban J connectivity index is 2.13. The fourth-order valence-electron chi connectivity index (χ4n) is 2.42. The molecule has 3 heteroatoms. The predicted molar refractivity (Wildman–Crippen MR) is 78.0 cm³/mol. The van der Waals surface area contributed by atoms with Crippen LogP contribution in [0.2, 0.25) is 0 Å². The molecule has 1 saturated heterocycles. The molecule has 0 unspecified atom stereocenters. The standard InChI is InChI=1S/C15H20BrNO/c1-15(2,12-6-4-3-5-7-12)14(18)17-10-8-13(16)9-11-17/h3-7,13H,8-11H2,1-2H3. The lowest BCUT2D eigenvalue weighted by Gasteiger charge is -2.36. The number of rotatable bonds is 2. The Kier molecular flexibility index (Phi) is 4.10. The minimum Gasteiger partial charge on any atom is -0.342 e. The molecule has 0 N–H and O–H groups in total. The zero-order valence-corrected chi connectivity index (χ0v) is 12.6. The van der Waals surface area contributed by atoms with E-state index in [2.05, 4.69) is 15.9 Å². The summed E-state index contributed by atoms with van der Waals surface area (Å²) in [6.07, 6.45) is 2.10. The number of hydrogen-bond donors (Lipinski definition) is 0. The number of halogens is 1. The Hall–Kier alpha value is -0.830. The summed E-state index contributed by atoms with van der Waals surface area (Å²) in [6.45, 7) is 5.77. The maximum atomic E-state index is 12.6. The highest BCUT2D eigenvalue weighted by Crippen LogP contribution is 2.28. The van der Waals surface area contributed by atoms with E-state index in [0.717, 1.165) is 31.5 Å². The van der Waals surface area contributed by atoms with Crippen LogP contribution in [0.15, 0.2) is 30.3 Å². The molecule has 0 bridgehead atoms. The third-order valence-electron chi connectivity index (χ3n) is 3.74. The molecule has 0 aromatic heterocycles. The number of benzene rings is 1. The molecule has 0 saturated carbocycles. The molecule has 0 radical (unpaired) electrons. The van der Waals surface area contributed by atoms with Gasteiger partial charge < -0.3 is 4.90 Å². The summed E-state index contributed by atoms with van der Waals surface area (Å²) in [6, 6.07) is 10.1. The minimum atomic E-state index is -0.430. The van der Waals surface area contributed by atoms with Crippen LogP contribution in [0, 0.1) is 0 Å². The van der Waals surface area contributed by atoms with Crippen molar-refractivity contribution in [3.05, 3.63) is 35.9 Å². The number of alkyl halides is 1. The minimum absolute atomic E-state index is 0.244. The number of nitrogens with zero attached hydrogens (tertiary/aromatic N) is 1. The first kappa shape index (κ1) is 13.6. The molecule has 2 nitrogen and oxygen atoms in total. The van der Waals surface area contributed by atoms with E-state index in [9.17, 15) is 4.79 Å². The highest BCUT2D eigenvalue weighted by molar-refractivity contribution is 9.09. The molecule has 0 spiro atoms. The van der Waals surface area contributed by atoms with Crippen LogP contribution in [0.3, 0.4) is 0 Å². The van der Waals surface area contributed by atoms with Gasteiger partial charge in [0.25, 0.3) is 0 Å². The first-order valence-electron chi connectivity index (χ1n) is 6.51. The van der Waals surface area contributed by atoms with Gasteiger partial charge in [-0.25, -0.2) is 0 Å². The van der Waals surface area contributed by atoms with E-state index in [0.29, 0.717) is 4.83 Å². The second kappa shape index (κ2) is 5.43. The van der Waals surface area contributed by atoms with E-state index in [4.69, 9.17) is 0 Å². The molecular weight excluding hydrogens is 290 g/mol. The van der Waals surface area contributed by atoms with Gasteiger partial charge in [-0.3, -0.25) is 4.79 Å². The van der Waals surface area contributed by atoms with Crippen LogP contribution in [0.4, 0.5) is 0 Å². The number of carbonyl (C=O) groups excluding carboxylic acids is 1. The summed E-state index contributed by atoms with van der Waals surface area (Å²) in [5, 5.41) is 0. The van der Waals surface area contributed by atoms with Gasteiger partial charge in [0.2, 0.25) is 5.91 Å². The molecule has 1 aliphatic rings. The van der Waals surface area contributed by atoms with Crippen molar-refractivity contribution in [2.75, 3.05) is 13.1 Å². The fraction of sp³-hybridized carbons (Fsp3) is 0.533. The number of likely N-dealkylation sites (tertiary alicyclic amines) is 1. The molecule has 0 atom stereocenters. The summed E-state index contributed by atoms with van der Waals surface area (Å²) in [5.74, 6) is 0.244. The highest BCUT2D eigenvalue weighted by Gasteiger charge is 2.34. The van der Waals surface area contributed by atoms with E-state index in [1.54, 1.807) is 0 Å². The van der Waals surface area contributed by atoms with Gasteiger partial charge in [0.05, 0.1) is 5.41 Å². The quantitative estimate of drug-likeness (QED) is 0.767. The van der Waals surface area contributed by atoms with E-state index >= 15 is 0 Å². The van der Waals surface area contributed by atoms with Gasteiger partial charge in [-0.1, -0.05) is 46.3 Å². The van der Waals surface area contributed by atoms with Crippen molar-refractivity contribution >= 4 is 21.8 Å². The molecule has 1 aliphatic heterocycles. The molecule has 18 heavy (non-hydrogen) atoms. The molecule has 1 heterocycles. The molecule has 1 aromatic carbocycles. The zero-order chi connectivity index (χ0) is 13.2. The Morgan fingerprint density at radius 3 is 2.33 bits per heavy atom. The van der Waals surface area contributed by atoms with E-state index in [1.165, 1.54) is 0 Å². The van der Waals surface area contributed by atoms with Gasteiger partial charge in [-0.2, -0.15) is 0 Å². The fourth-order valence-corrected chi connectivity index (χ4v) is 2.83. The largest absolute Gasteiger partial charge is 0.342 e. The predicted octanol–water partition coefficient (Wildman–Crippen LogP) is 3.35. The SMILES string of the molecule is CC(C)(C(=O)N1CCC(Br)CC1)c1ccccc1. The normalized spacial score (nSPS) is 17.8. The van der Waals surface area contributed by atoms with Gasteiger partial charge >= 0.3 is 0 Å². The molecule has 98 valence electrons. The molecule has 0 aliphatic carbocycles. The third-order valence-corrected chi connectivity index (χ3v) is 4.66. The second-order valence-corrected chi connectivity index (χ2v) is 6.75. The van der Waals surface area contributed by atoms with Crippen molar-refractivity contribution in [3.63, 3.8) is 0 Å². The lowest BCUT2D eigenvalue weighted by molar-refractivity contribution is -0.137. The van der Waals surface area contributed by atoms with Gasteiger partial charge in [0.15, 0.2) is 0 Å². The summed E-state index contributed by atoms with van der Waals surface area (Å²) < 4.78 is 0. The summed E-state index contributed by atoms with van der Waals surface area (Å²) in [7, 11) is 0. The first-order chi connectivity index (χ1) is 8.51. The zero-order valence-electron chi connectivity index (χ0n) is 11.0. The van der Waals surface area contributed by atoms with E-state index in [1.807, 2.05) is 49.1 Å². The third kappa shape index (κ3) is 2.77. The number of hydrogen-bond acceptors (Lipinski definition) is 1. The smallest absolute Gasteiger partial charge is 0.232 e. The number of carbonyl (C=O) groups is 1. The van der Waals surface area contributed by atoms with Crippen LogP contribution < -0.4 is 0 Å². The summed E-state index contributed by atoms with van der Waals surface area (Å²) in [5.41, 5.74) is 0.663. The first-order valence-corrected chi connectivity index (χ1v) is 7.42. The van der Waals surface area contributed by atoms with Crippen LogP contribution in [0.1, 0.15) is 32.3 Å². The topological polar surface area (TPSA) is 20.3 Å². The lowest BCUT2D eigenvalue weighted by Crippen LogP contribution is -2.47. The van der Waals surface area contributed by atoms with Crippen molar-refractivity contribution in [3.8, 4) is 0 Å². The van der Waals surface area contributed by atoms with Crippen LogP contribution in [0.25, 0.3) is 0 Å². The summed E-state index contributed by atoms with van der Waals surface area (Å²) >= 11 is 3.62. The van der Waals surface area contributed by atoms with Crippen molar-refractivity contribution in [2.45, 2.75) is 36.9 Å². The maximum absolute atomic E-state index is 12.6. The number of amides is 1. The average molecular weight is 310 g/mol. The number of piperidine rings is 1. The molecule has 1 fully saturated rings. The van der Waals surface area contributed by atoms with Crippen molar-refractivity contribution < 1.29 is 4.79 Å². The second-order valence-electron chi connectivity index (χ2n) is 5.46. The summed E-state index contributed by atoms with van der Waals surface area (Å²) in [4.78, 5) is 15.2. The molecule has 1 amide bonds. The van der Waals surface area contributed by atoms with Crippen molar-refractivity contribution in [2.24, 2.45) is 0 Å². The van der Waals surface area contributed by atoms with Gasteiger partial charge in [-0.05, 0) is 32.3 Å². The highest BCUT2D eigenvalue weighted by atomic mass is 79.9. The maximum Gasteiger partial charge on any atom is 0.232 e. The van der Waals surface area contributed by atoms with Crippen molar-refractivity contribution in [1.29, 1.82) is 0 Å². The Labute approximate surface area is 117 Å². The van der Waals surface area contributed by atoms with Crippen molar-refractivity contribution in [1.82, 2.24) is 4.90 Å². The van der Waals surface area contributed by atoms with Crippen LogP contribution in [-0.2, 0) is 10.2 Å². The molecule has 1 aromatic rings. The van der Waals surface area contributed by atoms with Gasteiger partial charge in [0, 0.05) is 17.9 Å². The van der Waals surface area contributed by atoms with Crippen LogP contribution in [0.5, 0.6) is 0 Å². The van der Waals surface area contributed by atoms with E-state index < -0.39 is 5.41 Å². The Bertz CT molecular complexity index is 408. The Morgan fingerprint density at radius 2 is 1.78 bits per heavy atom. The molecule has 2 rings (SSSR count). The lowest BCUT2D eigenvalue weighted by atomic mass is 9.83. The Morgan fingerprint density at radius 1 is 1.22 bits per heavy atom. The van der Waals surface area contributed by atoms with Crippen LogP contribution >= 0.6 is 15.9 Å². The average Bonchev–Trinajstić information content (AvgIpc) is 2.40. The molecular formula is C15H20BrNO. The van der Waals surface area contributed by atoms with Crippen LogP contribution in [-0.4, -0.2) is 28.7 Å². The van der Waals surface area contributed by atoms with Gasteiger partial charge in [0.1, 0.15) is 0 Å². The van der Waals surface area contributed by atoms with Gasteiger partial charge in [-0.15, -0.1) is 0 Å². The van der Waals surface area contributed by atoms with E-state index in [-0.39, 0.29) is 5.91 Å².